The highest BCUT2D eigenvalue weighted by molar-refractivity contribution is 9.10. The van der Waals surface area contributed by atoms with Gasteiger partial charge in [-0.2, -0.15) is 0 Å². The van der Waals surface area contributed by atoms with Crippen LogP contribution < -0.4 is 5.32 Å². The predicted molar refractivity (Wildman–Crippen MR) is 94.3 cm³/mol. The number of halogens is 1. The van der Waals surface area contributed by atoms with Gasteiger partial charge in [0.1, 0.15) is 0 Å². The standard InChI is InChI=1S/C19H22BrNO3/c20-15-1-3-16(4-2-15)21-17(22)10-24-19(23)18-13-6-11-5-12(8-13)9-14(18)7-11/h1-4,11-14,18H,5-10H2,(H,21,22). The average Bonchev–Trinajstić information content (AvgIpc) is 2.54. The normalized spacial score (nSPS) is 33.3. The highest BCUT2D eigenvalue weighted by atomic mass is 79.9. The van der Waals surface area contributed by atoms with Crippen molar-refractivity contribution in [1.29, 1.82) is 0 Å². The molecule has 1 amide bonds. The molecule has 0 spiro atoms. The summed E-state index contributed by atoms with van der Waals surface area (Å²) >= 11 is 3.35. The third-order valence-electron chi connectivity index (χ3n) is 5.97. The van der Waals surface area contributed by atoms with Crippen LogP contribution in [0.25, 0.3) is 0 Å². The van der Waals surface area contributed by atoms with Crippen LogP contribution in [0.4, 0.5) is 5.69 Å². The Morgan fingerprint density at radius 1 is 1.00 bits per heavy atom. The first-order valence-electron chi connectivity index (χ1n) is 8.80. The van der Waals surface area contributed by atoms with E-state index >= 15 is 0 Å². The number of ether oxygens (including phenoxy) is 1. The topological polar surface area (TPSA) is 55.4 Å². The summed E-state index contributed by atoms with van der Waals surface area (Å²) < 4.78 is 6.32. The first-order chi connectivity index (χ1) is 11.6. The molecule has 4 fully saturated rings. The summed E-state index contributed by atoms with van der Waals surface area (Å²) in [5.74, 6) is 2.23. The maximum Gasteiger partial charge on any atom is 0.310 e. The molecule has 0 radical (unpaired) electrons. The number of carbonyl (C=O) groups is 2. The minimum atomic E-state index is -0.283. The molecule has 4 saturated carbocycles. The van der Waals surface area contributed by atoms with Crippen molar-refractivity contribution in [2.45, 2.75) is 32.1 Å². The molecule has 4 nitrogen and oxygen atoms in total. The van der Waals surface area contributed by atoms with E-state index in [0.29, 0.717) is 17.5 Å². The summed E-state index contributed by atoms with van der Waals surface area (Å²) in [6, 6.07) is 7.33. The van der Waals surface area contributed by atoms with E-state index in [9.17, 15) is 9.59 Å². The van der Waals surface area contributed by atoms with Gasteiger partial charge in [-0.25, -0.2) is 0 Å². The maximum atomic E-state index is 12.5. The van der Waals surface area contributed by atoms with Gasteiger partial charge in [-0.15, -0.1) is 0 Å². The number of anilines is 1. The molecule has 24 heavy (non-hydrogen) atoms. The summed E-state index contributed by atoms with van der Waals surface area (Å²) in [5, 5.41) is 2.75. The molecule has 4 aliphatic rings. The SMILES string of the molecule is O=C(COC(=O)C1C2CC3CC(C2)CC1C3)Nc1ccc(Br)cc1. The minimum Gasteiger partial charge on any atom is -0.455 e. The van der Waals surface area contributed by atoms with Gasteiger partial charge < -0.3 is 10.1 Å². The van der Waals surface area contributed by atoms with Crippen molar-refractivity contribution in [1.82, 2.24) is 0 Å². The van der Waals surface area contributed by atoms with Crippen molar-refractivity contribution in [2.24, 2.45) is 29.6 Å². The van der Waals surface area contributed by atoms with Crippen molar-refractivity contribution in [3.63, 3.8) is 0 Å². The van der Waals surface area contributed by atoms with Gasteiger partial charge in [0.2, 0.25) is 0 Å². The third-order valence-corrected chi connectivity index (χ3v) is 6.50. The monoisotopic (exact) mass is 391 g/mol. The zero-order valence-electron chi connectivity index (χ0n) is 13.5. The Bertz CT molecular complexity index is 615. The van der Waals surface area contributed by atoms with E-state index in [1.165, 1.54) is 32.1 Å². The van der Waals surface area contributed by atoms with E-state index in [1.54, 1.807) is 0 Å². The summed E-state index contributed by atoms with van der Waals surface area (Å²) in [4.78, 5) is 24.5. The molecule has 4 bridgehead atoms. The number of carbonyl (C=O) groups excluding carboxylic acids is 2. The molecule has 5 rings (SSSR count). The van der Waals surface area contributed by atoms with Gasteiger partial charge in [0.15, 0.2) is 6.61 Å². The lowest BCUT2D eigenvalue weighted by atomic mass is 9.52. The first kappa shape index (κ1) is 16.1. The minimum absolute atomic E-state index is 0.0262. The van der Waals surface area contributed by atoms with Crippen LogP contribution in [-0.2, 0) is 14.3 Å². The molecule has 0 atom stereocenters. The van der Waals surface area contributed by atoms with Crippen LogP contribution >= 0.6 is 15.9 Å². The molecule has 1 N–H and O–H groups in total. The molecule has 128 valence electrons. The number of nitrogens with one attached hydrogen (secondary N) is 1. The molecular formula is C19H22BrNO3. The lowest BCUT2D eigenvalue weighted by Crippen LogP contribution is -2.48. The zero-order chi connectivity index (χ0) is 16.7. The lowest BCUT2D eigenvalue weighted by Gasteiger charge is -2.53. The molecule has 5 heteroatoms. The van der Waals surface area contributed by atoms with Gasteiger partial charge in [0.05, 0.1) is 5.92 Å². The van der Waals surface area contributed by atoms with E-state index in [4.69, 9.17) is 4.74 Å². The Morgan fingerprint density at radius 3 is 2.17 bits per heavy atom. The second-order valence-corrected chi connectivity index (χ2v) is 8.53. The molecule has 0 aliphatic heterocycles. The molecule has 4 aliphatic carbocycles. The lowest BCUT2D eigenvalue weighted by molar-refractivity contribution is -0.164. The van der Waals surface area contributed by atoms with E-state index < -0.39 is 0 Å². The highest BCUT2D eigenvalue weighted by Gasteiger charge is 2.51. The summed E-state index contributed by atoms with van der Waals surface area (Å²) in [6.07, 6.45) is 6.08. The highest BCUT2D eigenvalue weighted by Crippen LogP contribution is 2.56. The third kappa shape index (κ3) is 3.23. The van der Waals surface area contributed by atoms with Crippen molar-refractivity contribution in [3.05, 3.63) is 28.7 Å². The van der Waals surface area contributed by atoms with Crippen LogP contribution in [0.5, 0.6) is 0 Å². The van der Waals surface area contributed by atoms with Gasteiger partial charge >= 0.3 is 5.97 Å². The first-order valence-corrected chi connectivity index (χ1v) is 9.60. The van der Waals surface area contributed by atoms with Crippen LogP contribution in [0.1, 0.15) is 32.1 Å². The van der Waals surface area contributed by atoms with Crippen LogP contribution in [0, 0.1) is 29.6 Å². The van der Waals surface area contributed by atoms with Crippen molar-refractivity contribution in [3.8, 4) is 0 Å². The fourth-order valence-electron chi connectivity index (χ4n) is 5.27. The molecule has 0 aromatic heterocycles. The quantitative estimate of drug-likeness (QED) is 0.788. The van der Waals surface area contributed by atoms with Crippen LogP contribution in [0.2, 0.25) is 0 Å². The average molecular weight is 392 g/mol. The Labute approximate surface area is 150 Å². The Morgan fingerprint density at radius 2 is 1.58 bits per heavy atom. The number of amides is 1. The molecule has 1 aromatic rings. The van der Waals surface area contributed by atoms with Gasteiger partial charge in [-0.05, 0) is 80.0 Å². The smallest absolute Gasteiger partial charge is 0.310 e. The fraction of sp³-hybridized carbons (Fsp3) is 0.579. The number of hydrogen-bond donors (Lipinski definition) is 1. The van der Waals surface area contributed by atoms with E-state index in [1.807, 2.05) is 24.3 Å². The summed E-state index contributed by atoms with van der Waals surface area (Å²) in [5.41, 5.74) is 0.703. The number of hydrogen-bond acceptors (Lipinski definition) is 3. The Hall–Kier alpha value is -1.36. The largest absolute Gasteiger partial charge is 0.455 e. The molecular weight excluding hydrogens is 370 g/mol. The molecule has 0 saturated heterocycles. The molecule has 0 unspecified atom stereocenters. The second kappa shape index (κ2) is 6.51. The fourth-order valence-corrected chi connectivity index (χ4v) is 5.54. The van der Waals surface area contributed by atoms with Crippen molar-refractivity contribution < 1.29 is 14.3 Å². The van der Waals surface area contributed by atoms with Gasteiger partial charge in [0.25, 0.3) is 5.91 Å². The van der Waals surface area contributed by atoms with E-state index in [0.717, 1.165) is 16.3 Å². The predicted octanol–water partition coefficient (Wildman–Crippen LogP) is 4.00. The molecule has 1 aromatic carbocycles. The van der Waals surface area contributed by atoms with E-state index in [2.05, 4.69) is 21.2 Å². The summed E-state index contributed by atoms with van der Waals surface area (Å²) in [7, 11) is 0. The summed E-state index contributed by atoms with van der Waals surface area (Å²) in [6.45, 7) is -0.197. The zero-order valence-corrected chi connectivity index (χ0v) is 15.1. The number of rotatable bonds is 4. The van der Waals surface area contributed by atoms with E-state index in [-0.39, 0.29) is 24.4 Å². The number of benzene rings is 1. The van der Waals surface area contributed by atoms with Crippen LogP contribution in [0.3, 0.4) is 0 Å². The van der Waals surface area contributed by atoms with Crippen molar-refractivity contribution >= 4 is 33.5 Å². The van der Waals surface area contributed by atoms with Gasteiger partial charge in [-0.3, -0.25) is 9.59 Å². The maximum absolute atomic E-state index is 12.5. The van der Waals surface area contributed by atoms with Crippen molar-refractivity contribution in [2.75, 3.05) is 11.9 Å². The number of esters is 1. The van der Waals surface area contributed by atoms with Gasteiger partial charge in [0, 0.05) is 10.2 Å². The van der Waals surface area contributed by atoms with Gasteiger partial charge in [-0.1, -0.05) is 15.9 Å². The molecule has 0 heterocycles. The Balaban J connectivity index is 1.30. The Kier molecular flexibility index (Phi) is 4.37. The van der Waals surface area contributed by atoms with Crippen LogP contribution in [0.15, 0.2) is 28.7 Å². The second-order valence-electron chi connectivity index (χ2n) is 7.62. The van der Waals surface area contributed by atoms with Crippen LogP contribution in [-0.4, -0.2) is 18.5 Å².